The molecule has 0 radical (unpaired) electrons. The maximum atomic E-state index is 13.9. The highest BCUT2D eigenvalue weighted by molar-refractivity contribution is 5.96. The fourth-order valence-electron chi connectivity index (χ4n) is 7.49. The maximum Gasteiger partial charge on any atom is 0.409 e. The summed E-state index contributed by atoms with van der Waals surface area (Å²) in [4.78, 5) is 71.3. The molecule has 1 aromatic heterocycles. The monoisotopic (exact) mass is 705 g/mol. The van der Waals surface area contributed by atoms with Gasteiger partial charge in [0.1, 0.15) is 12.1 Å². The number of aromatic nitrogens is 2. The van der Waals surface area contributed by atoms with E-state index in [1.54, 1.807) is 21.6 Å². The van der Waals surface area contributed by atoms with Crippen molar-refractivity contribution in [1.29, 1.82) is 0 Å². The van der Waals surface area contributed by atoms with Gasteiger partial charge in [-0.2, -0.15) is 5.10 Å². The summed E-state index contributed by atoms with van der Waals surface area (Å²) in [7, 11) is 0. The molecule has 6 rings (SSSR count). The lowest BCUT2D eigenvalue weighted by atomic mass is 9.84. The minimum atomic E-state index is -0.763. The number of piperazine rings is 1. The van der Waals surface area contributed by atoms with Gasteiger partial charge in [0.2, 0.25) is 17.7 Å². The van der Waals surface area contributed by atoms with Crippen molar-refractivity contribution in [1.82, 2.24) is 35.1 Å². The van der Waals surface area contributed by atoms with Gasteiger partial charge in [0.25, 0.3) is 11.8 Å². The van der Waals surface area contributed by atoms with E-state index in [4.69, 9.17) is 9.47 Å². The van der Waals surface area contributed by atoms with E-state index in [-0.39, 0.29) is 54.6 Å². The smallest absolute Gasteiger partial charge is 0.409 e. The molecule has 2 saturated heterocycles. The molecule has 14 heteroatoms. The van der Waals surface area contributed by atoms with Gasteiger partial charge in [-0.05, 0) is 63.5 Å². The van der Waals surface area contributed by atoms with Gasteiger partial charge in [-0.3, -0.25) is 19.2 Å². The van der Waals surface area contributed by atoms with Crippen LogP contribution in [0.15, 0.2) is 36.4 Å². The molecular weight excluding hydrogens is 654 g/mol. The lowest BCUT2D eigenvalue weighted by molar-refractivity contribution is -0.140. The predicted octanol–water partition coefficient (Wildman–Crippen LogP) is 3.28. The van der Waals surface area contributed by atoms with E-state index in [9.17, 15) is 24.0 Å². The van der Waals surface area contributed by atoms with Crippen molar-refractivity contribution in [2.75, 3.05) is 45.9 Å². The second-order valence-corrected chi connectivity index (χ2v) is 14.1. The Morgan fingerprint density at radius 2 is 1.59 bits per heavy atom. The third-order valence-electron chi connectivity index (χ3n) is 10.6. The van der Waals surface area contributed by atoms with Crippen LogP contribution in [-0.4, -0.2) is 118 Å². The van der Waals surface area contributed by atoms with Crippen molar-refractivity contribution >= 4 is 29.7 Å². The van der Waals surface area contributed by atoms with Gasteiger partial charge in [-0.1, -0.05) is 50.3 Å². The molecule has 0 unspecified atom stereocenters. The Bertz CT molecular complexity index is 1530. The molecule has 2 aromatic rings. The molecule has 2 saturated carbocycles. The van der Waals surface area contributed by atoms with Crippen LogP contribution in [0.4, 0.5) is 4.79 Å². The van der Waals surface area contributed by atoms with E-state index in [1.165, 1.54) is 17.2 Å². The molecule has 51 heavy (non-hydrogen) atoms. The van der Waals surface area contributed by atoms with Gasteiger partial charge >= 0.3 is 6.09 Å². The summed E-state index contributed by atoms with van der Waals surface area (Å²) in [5.41, 5.74) is 0.682. The van der Waals surface area contributed by atoms with E-state index in [2.05, 4.69) is 15.7 Å². The van der Waals surface area contributed by atoms with Gasteiger partial charge in [0.05, 0.1) is 12.3 Å². The first-order chi connectivity index (χ1) is 24.8. The van der Waals surface area contributed by atoms with E-state index >= 15 is 0 Å². The van der Waals surface area contributed by atoms with Crippen LogP contribution in [0, 0.1) is 5.92 Å². The van der Waals surface area contributed by atoms with Crippen molar-refractivity contribution in [2.24, 2.45) is 5.92 Å². The molecule has 5 amide bonds. The van der Waals surface area contributed by atoms with Crippen molar-refractivity contribution in [3.8, 4) is 11.6 Å². The first kappa shape index (κ1) is 36.2. The Balaban J connectivity index is 1.15. The molecule has 2 aliphatic carbocycles. The van der Waals surface area contributed by atoms with Crippen molar-refractivity contribution in [3.63, 3.8) is 0 Å². The number of likely N-dealkylation sites (tertiary alicyclic amines) is 1. The first-order valence-electron chi connectivity index (χ1n) is 18.7. The third kappa shape index (κ3) is 9.01. The van der Waals surface area contributed by atoms with Gasteiger partial charge in [-0.25, -0.2) is 9.48 Å². The van der Waals surface area contributed by atoms with Crippen LogP contribution in [0.5, 0.6) is 5.88 Å². The largest absolute Gasteiger partial charge is 0.467 e. The average Bonchev–Trinajstić information content (AvgIpc) is 3.81. The van der Waals surface area contributed by atoms with Crippen LogP contribution in [0.3, 0.4) is 0 Å². The number of rotatable bonds is 12. The third-order valence-corrected chi connectivity index (χ3v) is 10.6. The summed E-state index contributed by atoms with van der Waals surface area (Å²) in [6.07, 6.45) is 9.91. The lowest BCUT2D eigenvalue weighted by Gasteiger charge is -2.36. The molecule has 0 spiro atoms. The number of hydrogen-bond donors (Lipinski definition) is 2. The van der Waals surface area contributed by atoms with Crippen LogP contribution >= 0.6 is 0 Å². The van der Waals surface area contributed by atoms with E-state index < -0.39 is 18.0 Å². The van der Waals surface area contributed by atoms with Gasteiger partial charge < -0.3 is 34.8 Å². The Labute approximate surface area is 299 Å². The molecule has 4 aliphatic rings. The number of nitrogens with zero attached hydrogens (tertiary/aromatic N) is 5. The zero-order chi connectivity index (χ0) is 35.7. The van der Waals surface area contributed by atoms with Gasteiger partial charge in [0.15, 0.2) is 12.3 Å². The predicted molar refractivity (Wildman–Crippen MR) is 187 cm³/mol. The molecule has 0 bridgehead atoms. The Morgan fingerprint density at radius 3 is 2.27 bits per heavy atom. The molecule has 3 heterocycles. The minimum absolute atomic E-state index is 0.0498. The Morgan fingerprint density at radius 1 is 0.863 bits per heavy atom. The van der Waals surface area contributed by atoms with Crippen LogP contribution in [0.25, 0.3) is 5.69 Å². The standard InChI is InChI=1S/C37H51N7O7/c1-2-50-37(49)42-21-19-41(20-22-42)36(48)30(23-26-11-5-3-6-12-26)39-34(46)29-24-33(44(40-29)28-15-7-4-8-16-28)51-25-32(45)43-18-10-17-31(43)35(47)38-27-13-9-14-27/h4,7-8,15-16,24,26-27,30-31H,2-3,5-6,9-14,17-23,25H2,1H3,(H,38,47)(H,39,46)/t30-,31-/m0/s1. The first-order valence-corrected chi connectivity index (χ1v) is 18.7. The highest BCUT2D eigenvalue weighted by atomic mass is 16.6. The fraction of sp³-hybridized carbons (Fsp3) is 0.622. The molecular formula is C37H51N7O7. The quantitative estimate of drug-likeness (QED) is 0.341. The van der Waals surface area contributed by atoms with Gasteiger partial charge in [-0.15, -0.1) is 0 Å². The van der Waals surface area contributed by atoms with E-state index in [0.717, 1.165) is 51.4 Å². The molecule has 14 nitrogen and oxygen atoms in total. The second kappa shape index (κ2) is 17.1. The summed E-state index contributed by atoms with van der Waals surface area (Å²) in [6, 6.07) is 9.56. The number of hydrogen-bond acceptors (Lipinski definition) is 8. The number of carbonyl (C=O) groups excluding carboxylic acids is 5. The minimum Gasteiger partial charge on any atom is -0.467 e. The van der Waals surface area contributed by atoms with Crippen LogP contribution in [0.2, 0.25) is 0 Å². The molecule has 276 valence electrons. The average molecular weight is 706 g/mol. The Hall–Kier alpha value is -4.62. The molecule has 4 fully saturated rings. The fourth-order valence-corrected chi connectivity index (χ4v) is 7.49. The summed E-state index contributed by atoms with van der Waals surface area (Å²) in [5, 5.41) is 10.6. The number of benzene rings is 1. The highest BCUT2D eigenvalue weighted by Crippen LogP contribution is 2.29. The Kier molecular flexibility index (Phi) is 12.1. The number of ether oxygens (including phenoxy) is 2. The zero-order valence-electron chi connectivity index (χ0n) is 29.6. The molecule has 2 N–H and O–H groups in total. The topological polar surface area (TPSA) is 155 Å². The van der Waals surface area contributed by atoms with Crippen molar-refractivity contribution in [3.05, 3.63) is 42.1 Å². The highest BCUT2D eigenvalue weighted by Gasteiger charge is 2.37. The van der Waals surface area contributed by atoms with Crippen LogP contribution in [0.1, 0.15) is 88.0 Å². The summed E-state index contributed by atoms with van der Waals surface area (Å²) < 4.78 is 12.6. The number of amides is 5. The molecule has 2 aliphatic heterocycles. The van der Waals surface area contributed by atoms with Crippen LogP contribution < -0.4 is 15.4 Å². The van der Waals surface area contributed by atoms with E-state index in [1.807, 2.05) is 30.3 Å². The molecule has 1 aromatic carbocycles. The number of carbonyl (C=O) groups is 5. The van der Waals surface area contributed by atoms with Crippen LogP contribution in [-0.2, 0) is 19.1 Å². The number of nitrogens with one attached hydrogen (secondary N) is 2. The summed E-state index contributed by atoms with van der Waals surface area (Å²) in [6.45, 7) is 3.62. The zero-order valence-corrected chi connectivity index (χ0v) is 29.6. The maximum absolute atomic E-state index is 13.9. The lowest BCUT2D eigenvalue weighted by Crippen LogP contribution is -2.56. The SMILES string of the molecule is CCOC(=O)N1CCN(C(=O)[C@H](CC2CCCCC2)NC(=O)c2cc(OCC(=O)N3CCC[C@H]3C(=O)NC3CCC3)n(-c3ccccc3)n2)CC1. The van der Waals surface area contributed by atoms with Gasteiger partial charge in [0, 0.05) is 44.8 Å². The van der Waals surface area contributed by atoms with Crippen molar-refractivity contribution < 1.29 is 33.4 Å². The summed E-state index contributed by atoms with van der Waals surface area (Å²) in [5.74, 6) is -0.618. The molecule has 2 atom stereocenters. The second-order valence-electron chi connectivity index (χ2n) is 14.1. The normalized spacial score (nSPS) is 20.3. The van der Waals surface area contributed by atoms with Crippen molar-refractivity contribution in [2.45, 2.75) is 95.7 Å². The number of para-hydroxylation sites is 1. The van der Waals surface area contributed by atoms with E-state index in [0.29, 0.717) is 57.2 Å². The summed E-state index contributed by atoms with van der Waals surface area (Å²) >= 11 is 0.